The molecule has 4 aromatic rings. The van der Waals surface area contributed by atoms with Gasteiger partial charge in [-0.05, 0) is 61.2 Å². The van der Waals surface area contributed by atoms with Gasteiger partial charge in [-0.2, -0.15) is 0 Å². The van der Waals surface area contributed by atoms with E-state index < -0.39 is 0 Å². The first kappa shape index (κ1) is 28.7. The van der Waals surface area contributed by atoms with Crippen molar-refractivity contribution in [2.75, 3.05) is 13.2 Å². The third-order valence-electron chi connectivity index (χ3n) is 7.64. The van der Waals surface area contributed by atoms with Crippen LogP contribution in [-0.4, -0.2) is 45.5 Å². The fourth-order valence-corrected chi connectivity index (χ4v) is 5.64. The lowest BCUT2D eigenvalue weighted by atomic mass is 9.93. The number of hydrogen-bond acceptors (Lipinski definition) is 4. The van der Waals surface area contributed by atoms with Gasteiger partial charge in [0.15, 0.2) is 6.61 Å². The highest BCUT2D eigenvalue weighted by Gasteiger charge is 2.27. The van der Waals surface area contributed by atoms with Gasteiger partial charge in [0.25, 0.3) is 5.91 Å². The monoisotopic (exact) mass is 572 g/mol. The number of hydrogen-bond donors (Lipinski definition) is 1. The largest absolute Gasteiger partial charge is 0.484 e. The topological polar surface area (TPSA) is 76.5 Å². The maximum atomic E-state index is 13.9. The SMILES string of the molecule is O=C(COc1ccc(Cl)cc1)NCCCc1nc2ccccc2n1CC(=O)N(Cc1ccccc1)C1CCCCC1. The first-order valence-corrected chi connectivity index (χ1v) is 14.9. The molecule has 1 fully saturated rings. The van der Waals surface area contributed by atoms with Gasteiger partial charge in [0.2, 0.25) is 5.91 Å². The van der Waals surface area contributed by atoms with E-state index in [1.54, 1.807) is 24.3 Å². The van der Waals surface area contributed by atoms with Gasteiger partial charge >= 0.3 is 0 Å². The lowest BCUT2D eigenvalue weighted by molar-refractivity contribution is -0.135. The van der Waals surface area contributed by atoms with Crippen molar-refractivity contribution < 1.29 is 14.3 Å². The molecule has 0 unspecified atom stereocenters. The van der Waals surface area contributed by atoms with Crippen LogP contribution < -0.4 is 10.1 Å². The van der Waals surface area contributed by atoms with Gasteiger partial charge in [-0.1, -0.05) is 73.3 Å². The van der Waals surface area contributed by atoms with Crippen molar-refractivity contribution in [1.29, 1.82) is 0 Å². The molecule has 1 heterocycles. The van der Waals surface area contributed by atoms with Crippen molar-refractivity contribution in [3.8, 4) is 5.75 Å². The molecule has 1 aromatic heterocycles. The standard InChI is InChI=1S/C33H37ClN4O3/c34-26-17-19-28(20-18-26)41-24-32(39)35-21-9-16-31-36-29-14-7-8-15-30(29)38(31)23-33(40)37(27-12-5-2-6-13-27)22-25-10-3-1-4-11-25/h1,3-4,7-8,10-11,14-15,17-20,27H,2,5-6,9,12-13,16,21-24H2,(H,35,39). The Morgan fingerprint density at radius 2 is 1.68 bits per heavy atom. The number of carbonyl (C=O) groups excluding carboxylic acids is 2. The molecule has 3 aromatic carbocycles. The molecular formula is C33H37ClN4O3. The number of amides is 2. The Kier molecular flexibility index (Phi) is 9.91. The van der Waals surface area contributed by atoms with Crippen LogP contribution in [0.3, 0.4) is 0 Å². The summed E-state index contributed by atoms with van der Waals surface area (Å²) in [5.41, 5.74) is 2.99. The van der Waals surface area contributed by atoms with E-state index in [2.05, 4.69) is 26.9 Å². The summed E-state index contributed by atoms with van der Waals surface area (Å²) in [7, 11) is 0. The molecule has 1 N–H and O–H groups in total. The molecule has 8 heteroatoms. The zero-order chi connectivity index (χ0) is 28.4. The number of aromatic nitrogens is 2. The second kappa shape index (κ2) is 14.2. The van der Waals surface area contributed by atoms with E-state index >= 15 is 0 Å². The minimum Gasteiger partial charge on any atom is -0.484 e. The van der Waals surface area contributed by atoms with Crippen LogP contribution in [0.15, 0.2) is 78.9 Å². The van der Waals surface area contributed by atoms with Crippen LogP contribution in [0.4, 0.5) is 0 Å². The fraction of sp³-hybridized carbons (Fsp3) is 0.364. The number of imidazole rings is 1. The number of halogens is 1. The summed E-state index contributed by atoms with van der Waals surface area (Å²) in [6, 6.07) is 25.4. The Balaban J connectivity index is 1.22. The summed E-state index contributed by atoms with van der Waals surface area (Å²) in [6.45, 7) is 1.30. The summed E-state index contributed by atoms with van der Waals surface area (Å²) in [6.07, 6.45) is 7.01. The Bertz CT molecular complexity index is 1430. The van der Waals surface area contributed by atoms with Crippen LogP contribution in [0.25, 0.3) is 11.0 Å². The molecule has 1 aliphatic rings. The number of para-hydroxylation sites is 2. The van der Waals surface area contributed by atoms with Gasteiger partial charge < -0.3 is 19.5 Å². The third kappa shape index (κ3) is 7.88. The predicted molar refractivity (Wildman–Crippen MR) is 162 cm³/mol. The second-order valence-corrected chi connectivity index (χ2v) is 11.0. The highest BCUT2D eigenvalue weighted by molar-refractivity contribution is 6.30. The minimum atomic E-state index is -0.187. The Hall–Kier alpha value is -3.84. The van der Waals surface area contributed by atoms with Gasteiger partial charge in [-0.3, -0.25) is 9.59 Å². The zero-order valence-electron chi connectivity index (χ0n) is 23.3. The van der Waals surface area contributed by atoms with Gasteiger partial charge in [-0.25, -0.2) is 4.98 Å². The minimum absolute atomic E-state index is 0.0624. The van der Waals surface area contributed by atoms with Gasteiger partial charge in [0.1, 0.15) is 18.1 Å². The van der Waals surface area contributed by atoms with Crippen molar-refractivity contribution in [3.63, 3.8) is 0 Å². The normalized spacial score (nSPS) is 13.7. The lowest BCUT2D eigenvalue weighted by Crippen LogP contribution is -2.42. The number of fused-ring (bicyclic) bond motifs is 1. The van der Waals surface area contributed by atoms with Crippen LogP contribution >= 0.6 is 11.6 Å². The molecule has 1 aliphatic carbocycles. The first-order valence-electron chi connectivity index (χ1n) is 14.5. The second-order valence-electron chi connectivity index (χ2n) is 10.6. The maximum absolute atomic E-state index is 13.9. The average Bonchev–Trinajstić information content (AvgIpc) is 3.35. The van der Waals surface area contributed by atoms with E-state index in [4.69, 9.17) is 21.3 Å². The molecule has 5 rings (SSSR count). The van der Waals surface area contributed by atoms with Gasteiger partial charge in [0.05, 0.1) is 11.0 Å². The molecule has 7 nitrogen and oxygen atoms in total. The number of nitrogens with zero attached hydrogens (tertiary/aromatic N) is 3. The number of rotatable bonds is 12. The van der Waals surface area contributed by atoms with Crippen LogP contribution in [-0.2, 0) is 29.1 Å². The van der Waals surface area contributed by atoms with Crippen molar-refractivity contribution in [2.24, 2.45) is 0 Å². The van der Waals surface area contributed by atoms with Crippen LogP contribution in [0, 0.1) is 0 Å². The molecule has 0 radical (unpaired) electrons. The number of ether oxygens (including phenoxy) is 1. The molecule has 0 aliphatic heterocycles. The van der Waals surface area contributed by atoms with Crippen LogP contribution in [0.2, 0.25) is 5.02 Å². The smallest absolute Gasteiger partial charge is 0.257 e. The predicted octanol–water partition coefficient (Wildman–Crippen LogP) is 6.18. The van der Waals surface area contributed by atoms with Crippen LogP contribution in [0.1, 0.15) is 49.9 Å². The maximum Gasteiger partial charge on any atom is 0.257 e. The molecule has 1 saturated carbocycles. The Labute approximate surface area is 246 Å². The summed E-state index contributed by atoms with van der Waals surface area (Å²) >= 11 is 5.90. The van der Waals surface area contributed by atoms with Crippen molar-refractivity contribution in [1.82, 2.24) is 19.8 Å². The summed E-state index contributed by atoms with van der Waals surface area (Å²) in [4.78, 5) is 33.2. The highest BCUT2D eigenvalue weighted by Crippen LogP contribution is 2.26. The fourth-order valence-electron chi connectivity index (χ4n) is 5.52. The van der Waals surface area contributed by atoms with E-state index in [1.807, 2.05) is 42.5 Å². The number of benzene rings is 3. The van der Waals surface area contributed by atoms with Gasteiger partial charge in [-0.15, -0.1) is 0 Å². The summed E-state index contributed by atoms with van der Waals surface area (Å²) in [5, 5.41) is 3.53. The van der Waals surface area contributed by atoms with E-state index in [0.717, 1.165) is 35.3 Å². The number of aryl methyl sites for hydroxylation is 1. The van der Waals surface area contributed by atoms with Crippen molar-refractivity contribution >= 4 is 34.4 Å². The molecule has 41 heavy (non-hydrogen) atoms. The van der Waals surface area contributed by atoms with E-state index in [0.29, 0.717) is 36.7 Å². The molecule has 0 atom stereocenters. The molecule has 0 saturated heterocycles. The molecule has 214 valence electrons. The van der Waals surface area contributed by atoms with Crippen LogP contribution in [0.5, 0.6) is 5.75 Å². The average molecular weight is 573 g/mol. The molecule has 0 spiro atoms. The van der Waals surface area contributed by atoms with Gasteiger partial charge in [0, 0.05) is 30.6 Å². The molecule has 0 bridgehead atoms. The van der Waals surface area contributed by atoms with E-state index in [-0.39, 0.29) is 31.0 Å². The van der Waals surface area contributed by atoms with Crippen molar-refractivity contribution in [2.45, 2.75) is 64.1 Å². The number of nitrogens with one attached hydrogen (secondary N) is 1. The lowest BCUT2D eigenvalue weighted by Gasteiger charge is -2.35. The third-order valence-corrected chi connectivity index (χ3v) is 7.89. The Morgan fingerprint density at radius 1 is 0.951 bits per heavy atom. The highest BCUT2D eigenvalue weighted by atomic mass is 35.5. The first-order chi connectivity index (χ1) is 20.1. The van der Waals surface area contributed by atoms with E-state index in [1.165, 1.54) is 19.3 Å². The molecule has 2 amide bonds. The molecular weight excluding hydrogens is 536 g/mol. The Morgan fingerprint density at radius 3 is 2.46 bits per heavy atom. The summed E-state index contributed by atoms with van der Waals surface area (Å²) < 4.78 is 7.59. The quantitative estimate of drug-likeness (QED) is 0.206. The summed E-state index contributed by atoms with van der Waals surface area (Å²) in [5.74, 6) is 1.39. The van der Waals surface area contributed by atoms with E-state index in [9.17, 15) is 9.59 Å². The zero-order valence-corrected chi connectivity index (χ0v) is 24.1. The number of carbonyl (C=O) groups is 2. The van der Waals surface area contributed by atoms with Crippen molar-refractivity contribution in [3.05, 3.63) is 95.3 Å².